The summed E-state index contributed by atoms with van der Waals surface area (Å²) in [6, 6.07) is 16.2. The molecule has 6 nitrogen and oxygen atoms in total. The zero-order chi connectivity index (χ0) is 21.6. The number of rotatable bonds is 8. The lowest BCUT2D eigenvalue weighted by Gasteiger charge is -2.06. The largest absolute Gasteiger partial charge is 0.504 e. The third kappa shape index (κ3) is 4.95. The summed E-state index contributed by atoms with van der Waals surface area (Å²) in [6.45, 7) is 0. The van der Waals surface area contributed by atoms with Gasteiger partial charge in [0.05, 0.1) is 6.26 Å². The Labute approximate surface area is 178 Å². The molecule has 0 spiro atoms. The van der Waals surface area contributed by atoms with Gasteiger partial charge in [-0.15, -0.1) is 0 Å². The van der Waals surface area contributed by atoms with Crippen molar-refractivity contribution in [2.24, 2.45) is 0 Å². The minimum atomic E-state index is -0.476. The second-order valence-electron chi connectivity index (χ2n) is 7.07. The molecule has 2 heterocycles. The zero-order valence-electron chi connectivity index (χ0n) is 16.6. The molecule has 0 saturated carbocycles. The van der Waals surface area contributed by atoms with Crippen LogP contribution in [-0.2, 0) is 19.3 Å². The quantitative estimate of drug-likeness (QED) is 0.246. The number of aryl methyl sites for hydroxylation is 1. The second-order valence-corrected chi connectivity index (χ2v) is 7.07. The van der Waals surface area contributed by atoms with Crippen LogP contribution in [0, 0.1) is 5.82 Å². The summed E-state index contributed by atoms with van der Waals surface area (Å²) in [5, 5.41) is 16.4. The van der Waals surface area contributed by atoms with Gasteiger partial charge in [-0.3, -0.25) is 9.89 Å². The van der Waals surface area contributed by atoms with E-state index < -0.39 is 5.78 Å². The minimum absolute atomic E-state index is 0.0253. The van der Waals surface area contributed by atoms with Gasteiger partial charge in [0.15, 0.2) is 11.5 Å². The van der Waals surface area contributed by atoms with Gasteiger partial charge in [0, 0.05) is 18.1 Å². The first-order chi connectivity index (χ1) is 15.1. The van der Waals surface area contributed by atoms with Crippen molar-refractivity contribution in [3.8, 4) is 0 Å². The van der Waals surface area contributed by atoms with E-state index >= 15 is 0 Å². The van der Waals surface area contributed by atoms with E-state index in [1.54, 1.807) is 18.4 Å². The van der Waals surface area contributed by atoms with E-state index in [1.807, 2.05) is 30.3 Å². The highest BCUT2D eigenvalue weighted by Crippen LogP contribution is 2.24. The van der Waals surface area contributed by atoms with Gasteiger partial charge in [0.25, 0.3) is 0 Å². The maximum absolute atomic E-state index is 13.3. The molecule has 0 aliphatic rings. The number of ketones is 1. The first kappa shape index (κ1) is 20.3. The first-order valence-electron chi connectivity index (χ1n) is 9.79. The lowest BCUT2D eigenvalue weighted by Crippen LogP contribution is -2.04. The fourth-order valence-electron chi connectivity index (χ4n) is 3.37. The van der Waals surface area contributed by atoms with Crippen LogP contribution in [0.25, 0.3) is 5.76 Å². The fraction of sp³-hybridized carbons (Fsp3) is 0.125. The normalized spacial score (nSPS) is 11.6. The van der Waals surface area contributed by atoms with Gasteiger partial charge in [0.2, 0.25) is 11.6 Å². The van der Waals surface area contributed by atoms with Gasteiger partial charge in [-0.1, -0.05) is 42.5 Å². The average Bonchev–Trinajstić information content (AvgIpc) is 3.45. The number of allylic oxidation sites excluding steroid dienone is 1. The Balaban J connectivity index is 1.63. The Kier molecular flexibility index (Phi) is 6.03. The number of aromatic nitrogens is 3. The lowest BCUT2D eigenvalue weighted by molar-refractivity contribution is 0.101. The van der Waals surface area contributed by atoms with Gasteiger partial charge in [0.1, 0.15) is 12.1 Å². The van der Waals surface area contributed by atoms with Crippen LogP contribution in [0.4, 0.5) is 4.39 Å². The number of carbonyl (C=O) groups excluding carboxylic acids is 1. The van der Waals surface area contributed by atoms with Gasteiger partial charge in [-0.25, -0.2) is 9.37 Å². The number of aromatic amines is 1. The van der Waals surface area contributed by atoms with Crippen molar-refractivity contribution in [1.82, 2.24) is 15.2 Å². The van der Waals surface area contributed by atoms with Crippen molar-refractivity contribution in [2.75, 3.05) is 0 Å². The molecule has 2 aromatic heterocycles. The van der Waals surface area contributed by atoms with Crippen molar-refractivity contribution >= 4 is 11.5 Å². The molecule has 0 atom stereocenters. The molecule has 0 aliphatic heterocycles. The van der Waals surface area contributed by atoms with Gasteiger partial charge in [-0.2, -0.15) is 5.10 Å². The van der Waals surface area contributed by atoms with Crippen LogP contribution >= 0.6 is 0 Å². The van der Waals surface area contributed by atoms with Crippen LogP contribution in [0.15, 0.2) is 77.7 Å². The summed E-state index contributed by atoms with van der Waals surface area (Å²) in [6.07, 6.45) is 5.70. The lowest BCUT2D eigenvalue weighted by atomic mass is 9.96. The topological polar surface area (TPSA) is 92.0 Å². The molecule has 2 aromatic carbocycles. The smallest absolute Gasteiger partial charge is 0.225 e. The van der Waals surface area contributed by atoms with Crippen LogP contribution in [-0.4, -0.2) is 26.1 Å². The number of aliphatic hydroxyl groups excluding tert-OH is 1. The number of aliphatic hydroxyl groups is 1. The third-order valence-electron chi connectivity index (χ3n) is 4.93. The number of hydrogen-bond acceptors (Lipinski definition) is 5. The third-order valence-corrected chi connectivity index (χ3v) is 4.93. The van der Waals surface area contributed by atoms with Crippen LogP contribution in [0.2, 0.25) is 0 Å². The molecule has 0 amide bonds. The molecule has 4 aromatic rings. The van der Waals surface area contributed by atoms with Crippen molar-refractivity contribution in [2.45, 2.75) is 19.3 Å². The SMILES string of the molecule is O=C(C=C(O)c1nc[nH]n1)c1occ(Cc2ccc(F)cc2)c1CCc1ccccc1. The Morgan fingerprint density at radius 1 is 1.06 bits per heavy atom. The van der Waals surface area contributed by atoms with E-state index in [-0.39, 0.29) is 23.2 Å². The average molecular weight is 417 g/mol. The number of nitrogens with one attached hydrogen (secondary N) is 1. The number of hydrogen-bond donors (Lipinski definition) is 2. The molecule has 0 aliphatic carbocycles. The van der Waals surface area contributed by atoms with Crippen LogP contribution < -0.4 is 0 Å². The highest BCUT2D eigenvalue weighted by atomic mass is 19.1. The number of H-pyrrole nitrogens is 1. The molecule has 0 fully saturated rings. The molecule has 0 radical (unpaired) electrons. The van der Waals surface area contributed by atoms with E-state index in [4.69, 9.17) is 4.42 Å². The molecule has 2 N–H and O–H groups in total. The highest BCUT2D eigenvalue weighted by Gasteiger charge is 2.20. The maximum atomic E-state index is 13.3. The number of nitrogens with zero attached hydrogens (tertiary/aromatic N) is 2. The Morgan fingerprint density at radius 2 is 1.84 bits per heavy atom. The summed E-state index contributed by atoms with van der Waals surface area (Å²) in [7, 11) is 0. The van der Waals surface area contributed by atoms with Crippen LogP contribution in [0.1, 0.15) is 38.6 Å². The van der Waals surface area contributed by atoms with Gasteiger partial charge >= 0.3 is 0 Å². The van der Waals surface area contributed by atoms with Gasteiger partial charge < -0.3 is 9.52 Å². The number of halogens is 1. The molecule has 7 heteroatoms. The Morgan fingerprint density at radius 3 is 2.55 bits per heavy atom. The van der Waals surface area contributed by atoms with E-state index in [9.17, 15) is 14.3 Å². The van der Waals surface area contributed by atoms with Crippen molar-refractivity contribution in [3.05, 3.63) is 113 Å². The van der Waals surface area contributed by atoms with Crippen molar-refractivity contribution < 1.29 is 18.7 Å². The summed E-state index contributed by atoms with van der Waals surface area (Å²) in [5.74, 6) is -0.941. The zero-order valence-corrected chi connectivity index (χ0v) is 16.6. The molecule has 4 rings (SSSR count). The maximum Gasteiger partial charge on any atom is 0.225 e. The highest BCUT2D eigenvalue weighted by molar-refractivity contribution is 6.06. The van der Waals surface area contributed by atoms with E-state index in [0.29, 0.717) is 19.3 Å². The molecule has 0 saturated heterocycles. The van der Waals surface area contributed by atoms with E-state index in [0.717, 1.165) is 28.3 Å². The number of furan rings is 1. The molecule has 0 bridgehead atoms. The number of benzene rings is 2. The van der Waals surface area contributed by atoms with Crippen molar-refractivity contribution in [1.29, 1.82) is 0 Å². The number of carbonyl (C=O) groups is 1. The standard InChI is InChI=1S/C24H20FN3O3/c25-19-9-6-17(7-10-19)12-18-14-31-23(20(18)11-8-16-4-2-1-3-5-16)21(29)13-22(30)24-26-15-27-28-24/h1-7,9-10,13-15,30H,8,11-12H2,(H,26,27,28). The summed E-state index contributed by atoms with van der Waals surface area (Å²) in [4.78, 5) is 16.7. The minimum Gasteiger partial charge on any atom is -0.504 e. The van der Waals surface area contributed by atoms with Crippen LogP contribution in [0.5, 0.6) is 0 Å². The first-order valence-corrected chi connectivity index (χ1v) is 9.79. The van der Waals surface area contributed by atoms with E-state index in [2.05, 4.69) is 15.2 Å². The summed E-state index contributed by atoms with van der Waals surface area (Å²) < 4.78 is 18.9. The molecule has 31 heavy (non-hydrogen) atoms. The molecular formula is C24H20FN3O3. The molecular weight excluding hydrogens is 397 g/mol. The predicted octanol–water partition coefficient (Wildman–Crippen LogP) is 4.69. The molecule has 156 valence electrons. The van der Waals surface area contributed by atoms with E-state index in [1.165, 1.54) is 18.5 Å². The Bertz CT molecular complexity index is 1180. The Hall–Kier alpha value is -4.00. The molecule has 0 unspecified atom stereocenters. The van der Waals surface area contributed by atoms with Gasteiger partial charge in [-0.05, 0) is 41.7 Å². The van der Waals surface area contributed by atoms with Crippen molar-refractivity contribution in [3.63, 3.8) is 0 Å². The van der Waals surface area contributed by atoms with Crippen LogP contribution in [0.3, 0.4) is 0 Å². The summed E-state index contributed by atoms with van der Waals surface area (Å²) >= 11 is 0. The second kappa shape index (κ2) is 9.21. The fourth-order valence-corrected chi connectivity index (χ4v) is 3.37. The summed E-state index contributed by atoms with van der Waals surface area (Å²) in [5.41, 5.74) is 3.64. The predicted molar refractivity (Wildman–Crippen MR) is 113 cm³/mol. The monoisotopic (exact) mass is 417 g/mol.